The lowest BCUT2D eigenvalue weighted by atomic mass is 10.0. The Kier molecular flexibility index (Phi) is 8.70. The Morgan fingerprint density at radius 2 is 1.71 bits per heavy atom. The number of aromatic nitrogens is 1. The lowest BCUT2D eigenvalue weighted by Gasteiger charge is -2.17. The maximum Gasteiger partial charge on any atom is 0.511 e. The molecule has 1 aromatic heterocycles. The summed E-state index contributed by atoms with van der Waals surface area (Å²) in [5.41, 5.74) is 2.16. The van der Waals surface area contributed by atoms with Crippen LogP contribution in [-0.4, -0.2) is 36.6 Å². The number of pyridine rings is 1. The number of hydrogen-bond acceptors (Lipinski definition) is 7. The second kappa shape index (κ2) is 10.5. The van der Waals surface area contributed by atoms with E-state index in [9.17, 15) is 9.59 Å². The number of hydrogen-bond donors (Lipinski definition) is 0. The van der Waals surface area contributed by atoms with Crippen LogP contribution in [0.5, 0.6) is 0 Å². The predicted octanol–water partition coefficient (Wildman–Crippen LogP) is 4.83. The van der Waals surface area contributed by atoms with Crippen LogP contribution >= 0.6 is 0 Å². The van der Waals surface area contributed by atoms with Crippen LogP contribution in [-0.2, 0) is 18.9 Å². The highest BCUT2D eigenvalue weighted by Crippen LogP contribution is 2.23. The van der Waals surface area contributed by atoms with Crippen LogP contribution in [0, 0.1) is 0 Å². The van der Waals surface area contributed by atoms with Crippen molar-refractivity contribution >= 4 is 17.7 Å². The van der Waals surface area contributed by atoms with E-state index in [1.54, 1.807) is 26.0 Å². The lowest BCUT2D eigenvalue weighted by molar-refractivity contribution is -0.0869. The van der Waals surface area contributed by atoms with E-state index in [1.807, 2.05) is 26.8 Å². The van der Waals surface area contributed by atoms with Crippen molar-refractivity contribution < 1.29 is 28.5 Å². The zero-order chi connectivity index (χ0) is 21.4. The molecule has 1 unspecified atom stereocenters. The molecule has 1 rings (SSSR count). The maximum absolute atomic E-state index is 12.7. The molecule has 28 heavy (non-hydrogen) atoms. The molecular formula is C21H29NO6. The quantitative estimate of drug-likeness (QED) is 0.271. The minimum atomic E-state index is -1.13. The topological polar surface area (TPSA) is 84.0 Å². The maximum atomic E-state index is 12.7. The smallest absolute Gasteiger partial charge is 0.497 e. The summed E-state index contributed by atoms with van der Waals surface area (Å²) in [6, 6.07) is 3.65. The molecule has 0 aliphatic rings. The molecule has 0 bridgehead atoms. The van der Waals surface area contributed by atoms with Gasteiger partial charge in [0.15, 0.2) is 5.69 Å². The fourth-order valence-corrected chi connectivity index (χ4v) is 2.23. The van der Waals surface area contributed by atoms with Crippen LogP contribution in [0.2, 0.25) is 0 Å². The second-order valence-electron chi connectivity index (χ2n) is 6.79. The number of ether oxygens (including phenoxy) is 4. The number of nitrogens with zero attached hydrogens (tertiary/aromatic N) is 1. The standard InChI is InChI=1S/C21H29NO6/c1-12(2)18-10-9-17(14(5)11-15(6)25-8)19(22-18)20(23)27-16(7)28-21(24)26-13(3)4/h9-13,16H,6H2,1-5,7-8H3/b14-11+. The Morgan fingerprint density at radius 1 is 1.07 bits per heavy atom. The Bertz CT molecular complexity index is 751. The van der Waals surface area contributed by atoms with Gasteiger partial charge in [0.25, 0.3) is 0 Å². The van der Waals surface area contributed by atoms with Gasteiger partial charge in [-0.1, -0.05) is 26.5 Å². The molecule has 1 aromatic rings. The average molecular weight is 391 g/mol. The molecule has 0 amide bonds. The summed E-state index contributed by atoms with van der Waals surface area (Å²) in [5.74, 6) is -0.149. The van der Waals surface area contributed by atoms with Crippen LogP contribution in [0.1, 0.15) is 69.2 Å². The minimum Gasteiger partial charge on any atom is -0.497 e. The van der Waals surface area contributed by atoms with Crippen molar-refractivity contribution in [3.05, 3.63) is 47.5 Å². The first-order valence-corrected chi connectivity index (χ1v) is 9.05. The van der Waals surface area contributed by atoms with E-state index < -0.39 is 18.4 Å². The molecule has 0 saturated carbocycles. The summed E-state index contributed by atoms with van der Waals surface area (Å²) >= 11 is 0. The molecule has 1 heterocycles. The molecule has 7 heteroatoms. The molecule has 0 radical (unpaired) electrons. The van der Waals surface area contributed by atoms with Crippen molar-refractivity contribution in [3.63, 3.8) is 0 Å². The number of esters is 1. The third-order valence-electron chi connectivity index (χ3n) is 3.63. The molecule has 0 spiro atoms. The van der Waals surface area contributed by atoms with Gasteiger partial charge in [0, 0.05) is 18.2 Å². The Balaban J connectivity index is 3.12. The second-order valence-corrected chi connectivity index (χ2v) is 6.79. The summed E-state index contributed by atoms with van der Waals surface area (Å²) in [6.07, 6.45) is -0.683. The fourth-order valence-electron chi connectivity index (χ4n) is 2.23. The summed E-state index contributed by atoms with van der Waals surface area (Å²) in [4.78, 5) is 28.7. The van der Waals surface area contributed by atoms with Gasteiger partial charge in [0.1, 0.15) is 5.76 Å². The van der Waals surface area contributed by atoms with Crippen molar-refractivity contribution in [2.45, 2.75) is 59.9 Å². The predicted molar refractivity (Wildman–Crippen MR) is 106 cm³/mol. The number of methoxy groups -OCH3 is 1. The highest BCUT2D eigenvalue weighted by atomic mass is 16.8. The van der Waals surface area contributed by atoms with Crippen molar-refractivity contribution in [2.24, 2.45) is 0 Å². The van der Waals surface area contributed by atoms with Gasteiger partial charge < -0.3 is 18.9 Å². The van der Waals surface area contributed by atoms with Gasteiger partial charge in [-0.25, -0.2) is 14.6 Å². The lowest BCUT2D eigenvalue weighted by Crippen LogP contribution is -2.25. The van der Waals surface area contributed by atoms with Gasteiger partial charge in [0.2, 0.25) is 6.29 Å². The molecular weight excluding hydrogens is 362 g/mol. The largest absolute Gasteiger partial charge is 0.511 e. The number of carbonyl (C=O) groups is 2. The van der Waals surface area contributed by atoms with Crippen molar-refractivity contribution in [3.8, 4) is 0 Å². The molecule has 0 aliphatic heterocycles. The normalized spacial score (nSPS) is 12.5. The van der Waals surface area contributed by atoms with E-state index in [-0.39, 0.29) is 17.7 Å². The minimum absolute atomic E-state index is 0.119. The Labute approximate surface area is 166 Å². The van der Waals surface area contributed by atoms with E-state index in [4.69, 9.17) is 18.9 Å². The zero-order valence-electron chi connectivity index (χ0n) is 17.6. The number of allylic oxidation sites excluding steroid dienone is 2. The number of rotatable bonds is 8. The molecule has 0 fully saturated rings. The highest BCUT2D eigenvalue weighted by molar-refractivity contribution is 5.93. The van der Waals surface area contributed by atoms with Crippen molar-refractivity contribution in [1.82, 2.24) is 4.98 Å². The molecule has 1 atom stereocenters. The van der Waals surface area contributed by atoms with Gasteiger partial charge in [-0.2, -0.15) is 0 Å². The van der Waals surface area contributed by atoms with E-state index >= 15 is 0 Å². The first-order valence-electron chi connectivity index (χ1n) is 9.05. The van der Waals surface area contributed by atoms with Crippen LogP contribution in [0.4, 0.5) is 4.79 Å². The fraction of sp³-hybridized carbons (Fsp3) is 0.476. The van der Waals surface area contributed by atoms with Crippen LogP contribution < -0.4 is 0 Å². The third kappa shape index (κ3) is 7.06. The monoisotopic (exact) mass is 391 g/mol. The van der Waals surface area contributed by atoms with Gasteiger partial charge in [-0.3, -0.25) is 0 Å². The van der Waals surface area contributed by atoms with E-state index in [0.717, 1.165) is 11.3 Å². The molecule has 0 aliphatic carbocycles. The van der Waals surface area contributed by atoms with Gasteiger partial charge in [0.05, 0.1) is 13.2 Å². The van der Waals surface area contributed by atoms with Crippen LogP contribution in [0.25, 0.3) is 5.57 Å². The Hall–Kier alpha value is -2.83. The van der Waals surface area contributed by atoms with Crippen molar-refractivity contribution in [1.29, 1.82) is 0 Å². The van der Waals surface area contributed by atoms with Crippen molar-refractivity contribution in [2.75, 3.05) is 7.11 Å². The SMILES string of the molecule is C=C(/C=C(\C)c1ccc(C(C)C)nc1C(=O)OC(C)OC(=O)OC(C)C)OC. The van der Waals surface area contributed by atoms with Gasteiger partial charge in [-0.15, -0.1) is 0 Å². The van der Waals surface area contributed by atoms with E-state index in [1.165, 1.54) is 14.0 Å². The third-order valence-corrected chi connectivity index (χ3v) is 3.63. The first kappa shape index (κ1) is 23.2. The zero-order valence-corrected chi connectivity index (χ0v) is 17.6. The van der Waals surface area contributed by atoms with Gasteiger partial charge in [-0.05, 0) is 44.4 Å². The van der Waals surface area contributed by atoms with Crippen LogP contribution in [0.3, 0.4) is 0 Å². The summed E-state index contributed by atoms with van der Waals surface area (Å²) < 4.78 is 20.1. The average Bonchev–Trinajstić information content (AvgIpc) is 2.59. The summed E-state index contributed by atoms with van der Waals surface area (Å²) in [7, 11) is 1.51. The molecule has 7 nitrogen and oxygen atoms in total. The van der Waals surface area contributed by atoms with E-state index in [0.29, 0.717) is 11.3 Å². The van der Waals surface area contributed by atoms with Crippen LogP contribution in [0.15, 0.2) is 30.5 Å². The molecule has 0 saturated heterocycles. The Morgan fingerprint density at radius 3 is 2.25 bits per heavy atom. The van der Waals surface area contributed by atoms with Gasteiger partial charge >= 0.3 is 12.1 Å². The first-order chi connectivity index (χ1) is 13.0. The van der Waals surface area contributed by atoms with E-state index in [2.05, 4.69) is 11.6 Å². The molecule has 0 N–H and O–H groups in total. The molecule has 154 valence electrons. The molecule has 0 aromatic carbocycles. The number of carbonyl (C=O) groups excluding carboxylic acids is 2. The highest BCUT2D eigenvalue weighted by Gasteiger charge is 2.22. The summed E-state index contributed by atoms with van der Waals surface area (Å²) in [5, 5.41) is 0. The summed E-state index contributed by atoms with van der Waals surface area (Å²) in [6.45, 7) is 14.3.